The zero-order valence-electron chi connectivity index (χ0n) is 8.76. The molecule has 2 rings (SSSR count). The van der Waals surface area contributed by atoms with Gasteiger partial charge in [-0.05, 0) is 36.4 Å². The van der Waals surface area contributed by atoms with Gasteiger partial charge in [0.15, 0.2) is 0 Å². The van der Waals surface area contributed by atoms with Crippen LogP contribution in [0.25, 0.3) is 0 Å². The van der Waals surface area contributed by atoms with Gasteiger partial charge in [-0.25, -0.2) is 9.18 Å². The first-order valence-electron chi connectivity index (χ1n) is 4.88. The van der Waals surface area contributed by atoms with Crippen LogP contribution in [0.3, 0.4) is 0 Å². The van der Waals surface area contributed by atoms with Crippen molar-refractivity contribution in [1.82, 2.24) is 4.98 Å². The number of nitrogens with zero attached hydrogens (tertiary/aromatic N) is 1. The summed E-state index contributed by atoms with van der Waals surface area (Å²) in [6.45, 7) is 0. The third-order valence-corrected chi connectivity index (χ3v) is 1.95. The number of amides is 1. The van der Waals surface area contributed by atoms with Crippen LogP contribution < -0.4 is 10.1 Å². The smallest absolute Gasteiger partial charge is 0.410 e. The van der Waals surface area contributed by atoms with Gasteiger partial charge in [0.05, 0.1) is 0 Å². The van der Waals surface area contributed by atoms with Crippen LogP contribution >= 0.6 is 0 Å². The Kier molecular flexibility index (Phi) is 3.30. The van der Waals surface area contributed by atoms with E-state index in [2.05, 4.69) is 10.3 Å². The van der Waals surface area contributed by atoms with Gasteiger partial charge in [-0.3, -0.25) is 10.3 Å². The van der Waals surface area contributed by atoms with E-state index in [0.717, 1.165) is 0 Å². The van der Waals surface area contributed by atoms with Crippen LogP contribution in [-0.4, -0.2) is 11.1 Å². The molecule has 4 nitrogen and oxygen atoms in total. The Bertz CT molecular complexity index is 500. The number of ether oxygens (including phenoxy) is 1. The fourth-order valence-corrected chi connectivity index (χ4v) is 1.19. The summed E-state index contributed by atoms with van der Waals surface area (Å²) in [6, 6.07) is 8.45. The van der Waals surface area contributed by atoms with Gasteiger partial charge < -0.3 is 4.74 Å². The Morgan fingerprint density at radius 2 is 1.76 bits per heavy atom. The van der Waals surface area contributed by atoms with Gasteiger partial charge in [0.25, 0.3) is 0 Å². The van der Waals surface area contributed by atoms with Gasteiger partial charge in [0.1, 0.15) is 11.6 Å². The zero-order valence-corrected chi connectivity index (χ0v) is 8.76. The molecule has 17 heavy (non-hydrogen) atoms. The Hall–Kier alpha value is -2.43. The molecule has 0 fully saturated rings. The molecule has 0 atom stereocenters. The summed E-state index contributed by atoms with van der Waals surface area (Å²) in [6.07, 6.45) is 2.46. The minimum absolute atomic E-state index is 0.276. The van der Waals surface area contributed by atoms with Gasteiger partial charge in [0, 0.05) is 18.1 Å². The lowest BCUT2D eigenvalue weighted by atomic mass is 10.3. The van der Waals surface area contributed by atoms with E-state index in [1.54, 1.807) is 24.5 Å². The monoisotopic (exact) mass is 232 g/mol. The molecule has 1 aromatic heterocycles. The van der Waals surface area contributed by atoms with Crippen molar-refractivity contribution in [3.05, 3.63) is 54.6 Å². The molecule has 0 unspecified atom stereocenters. The number of rotatable bonds is 2. The number of hydrogen-bond donors (Lipinski definition) is 1. The van der Waals surface area contributed by atoms with Crippen LogP contribution in [0.1, 0.15) is 0 Å². The molecular weight excluding hydrogens is 223 g/mol. The molecule has 0 aliphatic carbocycles. The molecule has 0 spiro atoms. The van der Waals surface area contributed by atoms with E-state index in [9.17, 15) is 9.18 Å². The Labute approximate surface area is 97.1 Å². The first-order chi connectivity index (χ1) is 8.24. The lowest BCUT2D eigenvalue weighted by molar-refractivity contribution is 0.215. The van der Waals surface area contributed by atoms with Crippen LogP contribution in [0.4, 0.5) is 14.9 Å². The molecule has 0 bridgehead atoms. The van der Waals surface area contributed by atoms with Crippen molar-refractivity contribution in [3.63, 3.8) is 0 Å². The topological polar surface area (TPSA) is 51.2 Å². The van der Waals surface area contributed by atoms with Crippen molar-refractivity contribution < 1.29 is 13.9 Å². The maximum absolute atomic E-state index is 12.6. The predicted octanol–water partition coefficient (Wildman–Crippen LogP) is 2.83. The van der Waals surface area contributed by atoms with Crippen LogP contribution in [0, 0.1) is 5.82 Å². The maximum atomic E-state index is 12.6. The normalized spacial score (nSPS) is 9.71. The minimum atomic E-state index is -0.636. The number of nitrogens with one attached hydrogen (secondary N) is 1. The van der Waals surface area contributed by atoms with Crippen LogP contribution in [0.5, 0.6) is 5.75 Å². The Morgan fingerprint density at radius 1 is 1.12 bits per heavy atom. The summed E-state index contributed by atoms with van der Waals surface area (Å²) in [4.78, 5) is 15.2. The second-order valence-corrected chi connectivity index (χ2v) is 3.20. The standard InChI is InChI=1S/C12H9FN2O2/c13-9-1-3-11(4-2-9)17-12(16)15-10-5-7-14-8-6-10/h1-8H,(H,14,15,16). The van der Waals surface area contributed by atoms with Crippen molar-refractivity contribution in [3.8, 4) is 5.75 Å². The SMILES string of the molecule is O=C(Nc1ccncc1)Oc1ccc(F)cc1. The third kappa shape index (κ3) is 3.27. The molecule has 1 N–H and O–H groups in total. The van der Waals surface area contributed by atoms with Crippen molar-refractivity contribution in [2.45, 2.75) is 0 Å². The predicted molar refractivity (Wildman–Crippen MR) is 60.3 cm³/mol. The Balaban J connectivity index is 1.96. The van der Waals surface area contributed by atoms with Crippen molar-refractivity contribution in [2.75, 3.05) is 5.32 Å². The second kappa shape index (κ2) is 5.07. The number of benzene rings is 1. The van der Waals surface area contributed by atoms with Gasteiger partial charge >= 0.3 is 6.09 Å². The van der Waals surface area contributed by atoms with E-state index >= 15 is 0 Å². The summed E-state index contributed by atoms with van der Waals surface area (Å²) < 4.78 is 17.5. The third-order valence-electron chi connectivity index (χ3n) is 1.95. The summed E-state index contributed by atoms with van der Waals surface area (Å²) in [5, 5.41) is 2.51. The highest BCUT2D eigenvalue weighted by Crippen LogP contribution is 2.12. The summed E-state index contributed by atoms with van der Waals surface area (Å²) in [5.74, 6) is -0.107. The molecule has 1 amide bonds. The van der Waals surface area contributed by atoms with Crippen molar-refractivity contribution in [1.29, 1.82) is 0 Å². The first kappa shape index (κ1) is 11.1. The lowest BCUT2D eigenvalue weighted by Crippen LogP contribution is -2.16. The quantitative estimate of drug-likeness (QED) is 0.866. The number of anilines is 1. The molecule has 0 aliphatic heterocycles. The van der Waals surface area contributed by atoms with E-state index in [-0.39, 0.29) is 11.6 Å². The number of carbonyl (C=O) groups is 1. The number of aromatic nitrogens is 1. The molecule has 86 valence electrons. The minimum Gasteiger partial charge on any atom is -0.410 e. The lowest BCUT2D eigenvalue weighted by Gasteiger charge is -2.05. The molecule has 2 aromatic rings. The highest BCUT2D eigenvalue weighted by molar-refractivity contribution is 5.86. The summed E-state index contributed by atoms with van der Waals surface area (Å²) >= 11 is 0. The van der Waals surface area contributed by atoms with Crippen LogP contribution in [0.15, 0.2) is 48.8 Å². The summed E-state index contributed by atoms with van der Waals surface area (Å²) in [5.41, 5.74) is 0.576. The van der Waals surface area contributed by atoms with Gasteiger partial charge in [0.2, 0.25) is 0 Å². The van der Waals surface area contributed by atoms with Gasteiger partial charge in [-0.1, -0.05) is 0 Å². The van der Waals surface area contributed by atoms with Crippen LogP contribution in [-0.2, 0) is 0 Å². The average molecular weight is 232 g/mol. The Morgan fingerprint density at radius 3 is 2.41 bits per heavy atom. The van der Waals surface area contributed by atoms with Gasteiger partial charge in [-0.15, -0.1) is 0 Å². The average Bonchev–Trinajstić information content (AvgIpc) is 2.33. The zero-order chi connectivity index (χ0) is 12.1. The molecule has 5 heteroatoms. The number of hydrogen-bond acceptors (Lipinski definition) is 3. The van der Waals surface area contributed by atoms with E-state index in [4.69, 9.17) is 4.74 Å². The van der Waals surface area contributed by atoms with Gasteiger partial charge in [-0.2, -0.15) is 0 Å². The van der Waals surface area contributed by atoms with Crippen molar-refractivity contribution in [2.24, 2.45) is 0 Å². The molecule has 1 heterocycles. The van der Waals surface area contributed by atoms with Crippen molar-refractivity contribution >= 4 is 11.8 Å². The van der Waals surface area contributed by atoms with E-state index in [0.29, 0.717) is 5.69 Å². The number of halogens is 1. The highest BCUT2D eigenvalue weighted by atomic mass is 19.1. The molecule has 0 saturated heterocycles. The largest absolute Gasteiger partial charge is 0.417 e. The highest BCUT2D eigenvalue weighted by Gasteiger charge is 2.04. The molecule has 0 radical (unpaired) electrons. The molecule has 1 aromatic carbocycles. The maximum Gasteiger partial charge on any atom is 0.417 e. The molecule has 0 aliphatic rings. The van der Waals surface area contributed by atoms with E-state index in [1.807, 2.05) is 0 Å². The fraction of sp³-hybridized carbons (Fsp3) is 0. The molecular formula is C12H9FN2O2. The van der Waals surface area contributed by atoms with Crippen LogP contribution in [0.2, 0.25) is 0 Å². The van der Waals surface area contributed by atoms with E-state index < -0.39 is 6.09 Å². The number of carbonyl (C=O) groups excluding carboxylic acids is 1. The summed E-state index contributed by atoms with van der Waals surface area (Å²) in [7, 11) is 0. The fourth-order valence-electron chi connectivity index (χ4n) is 1.19. The van der Waals surface area contributed by atoms with E-state index in [1.165, 1.54) is 24.3 Å². The number of pyridine rings is 1. The first-order valence-corrected chi connectivity index (χ1v) is 4.88. The second-order valence-electron chi connectivity index (χ2n) is 3.20. The molecule has 0 saturated carbocycles.